The van der Waals surface area contributed by atoms with E-state index < -0.39 is 8.56 Å². The largest absolute Gasteiger partial charge is 0.494 e. The summed E-state index contributed by atoms with van der Waals surface area (Å²) in [5.41, 5.74) is 0.239. The molecule has 1 rings (SSSR count). The molecule has 2 atom stereocenters. The van der Waals surface area contributed by atoms with Crippen LogP contribution in [0.25, 0.3) is 0 Å². The zero-order chi connectivity index (χ0) is 14.3. The molecule has 0 bridgehead atoms. The third kappa shape index (κ3) is 6.03. The molecular weight excluding hydrogens is 264 g/mol. The monoisotopic (exact) mass is 290 g/mol. The highest BCUT2D eigenvalue weighted by atomic mass is 28.4. The Kier molecular flexibility index (Phi) is 6.99. The molecule has 0 spiro atoms. The van der Waals surface area contributed by atoms with Crippen LogP contribution in [0, 0.1) is 0 Å². The second kappa shape index (κ2) is 7.99. The number of hydrogen-bond acceptors (Lipinski definition) is 5. The third-order valence-corrected chi connectivity index (χ3v) is 7.32. The number of carbonyl (C=O) groups is 1. The molecule has 6 heteroatoms. The van der Waals surface area contributed by atoms with Gasteiger partial charge in [0.05, 0.1) is 13.2 Å². The molecule has 1 aliphatic heterocycles. The predicted molar refractivity (Wildman–Crippen MR) is 74.2 cm³/mol. The van der Waals surface area contributed by atoms with Crippen molar-refractivity contribution in [1.82, 2.24) is 0 Å². The van der Waals surface area contributed by atoms with E-state index in [0.29, 0.717) is 25.9 Å². The Labute approximate surface area is 116 Å². The summed E-state index contributed by atoms with van der Waals surface area (Å²) in [5.74, 6) is -0.249. The van der Waals surface area contributed by atoms with E-state index >= 15 is 0 Å². The summed E-state index contributed by atoms with van der Waals surface area (Å²) >= 11 is 0. The molecule has 0 aliphatic carbocycles. The molecule has 19 heavy (non-hydrogen) atoms. The number of hydrogen-bond donors (Lipinski definition) is 0. The smallest absolute Gasteiger partial charge is 0.404 e. The molecule has 1 fully saturated rings. The summed E-state index contributed by atoms with van der Waals surface area (Å²) in [5, 5.41) is 0. The first kappa shape index (κ1) is 16.6. The van der Waals surface area contributed by atoms with Crippen LogP contribution in [0.2, 0.25) is 11.6 Å². The van der Waals surface area contributed by atoms with Gasteiger partial charge in [-0.15, -0.1) is 0 Å². The Hall–Kier alpha value is -0.433. The van der Waals surface area contributed by atoms with Gasteiger partial charge in [0.2, 0.25) is 0 Å². The summed E-state index contributed by atoms with van der Waals surface area (Å²) in [6.45, 7) is 10.2. The molecule has 1 aliphatic rings. The van der Waals surface area contributed by atoms with Gasteiger partial charge >= 0.3 is 8.56 Å². The maximum absolute atomic E-state index is 11.3. The molecule has 1 heterocycles. The molecule has 0 amide bonds. The Morgan fingerprint density at radius 3 is 2.63 bits per heavy atom. The molecule has 5 nitrogen and oxygen atoms in total. The average molecular weight is 290 g/mol. The summed E-state index contributed by atoms with van der Waals surface area (Å²) < 4.78 is 22.0. The van der Waals surface area contributed by atoms with Crippen LogP contribution in [0.1, 0.15) is 34.1 Å². The molecule has 0 N–H and O–H groups in total. The molecular formula is C13H26O5Si. The molecule has 0 aromatic heterocycles. The van der Waals surface area contributed by atoms with Gasteiger partial charge in [-0.3, -0.25) is 4.79 Å². The molecule has 1 saturated heterocycles. The van der Waals surface area contributed by atoms with Crippen LogP contribution in [0.5, 0.6) is 0 Å². The molecule has 0 saturated carbocycles. The number of epoxide rings is 1. The van der Waals surface area contributed by atoms with Gasteiger partial charge in [0.1, 0.15) is 6.10 Å². The lowest BCUT2D eigenvalue weighted by molar-refractivity contribution is -0.134. The van der Waals surface area contributed by atoms with E-state index in [2.05, 4.69) is 13.8 Å². The fourth-order valence-electron chi connectivity index (χ4n) is 2.01. The molecule has 0 aromatic carbocycles. The first-order valence-corrected chi connectivity index (χ1v) is 9.13. The second-order valence-corrected chi connectivity index (χ2v) is 8.90. The van der Waals surface area contributed by atoms with Gasteiger partial charge in [0, 0.05) is 31.7 Å². The van der Waals surface area contributed by atoms with Gasteiger partial charge in [0.25, 0.3) is 5.97 Å². The van der Waals surface area contributed by atoms with Crippen molar-refractivity contribution in [2.24, 2.45) is 0 Å². The van der Waals surface area contributed by atoms with Crippen molar-refractivity contribution < 1.29 is 23.1 Å². The van der Waals surface area contributed by atoms with E-state index in [9.17, 15) is 4.79 Å². The zero-order valence-electron chi connectivity index (χ0n) is 12.4. The van der Waals surface area contributed by atoms with Crippen LogP contribution in [-0.2, 0) is 23.1 Å². The minimum atomic E-state index is -2.46. The highest BCUT2D eigenvalue weighted by Crippen LogP contribution is 2.29. The lowest BCUT2D eigenvalue weighted by Gasteiger charge is -2.32. The SMILES string of the molecule is CCO[Si](CCCOCC1CO1)(OC(C)=O)C(C)C. The standard InChI is InChI=1S/C13H26O5Si/c1-5-17-19(11(2)3,18-12(4)14)8-6-7-15-9-13-10-16-13/h11,13H,5-10H2,1-4H3. The van der Waals surface area contributed by atoms with Crippen LogP contribution in [0.15, 0.2) is 0 Å². The molecule has 2 unspecified atom stereocenters. The summed E-state index contributed by atoms with van der Waals surface area (Å²) in [6, 6.07) is 0.781. The van der Waals surface area contributed by atoms with E-state index in [0.717, 1.165) is 19.1 Å². The maximum Gasteiger partial charge on any atom is 0.404 e. The van der Waals surface area contributed by atoms with E-state index in [4.69, 9.17) is 18.3 Å². The van der Waals surface area contributed by atoms with Gasteiger partial charge < -0.3 is 18.3 Å². The van der Waals surface area contributed by atoms with E-state index in [1.165, 1.54) is 6.92 Å². The van der Waals surface area contributed by atoms with Crippen molar-refractivity contribution in [1.29, 1.82) is 0 Å². The number of ether oxygens (including phenoxy) is 2. The maximum atomic E-state index is 11.3. The van der Waals surface area contributed by atoms with Crippen LogP contribution in [0.3, 0.4) is 0 Å². The van der Waals surface area contributed by atoms with Crippen molar-refractivity contribution in [3.8, 4) is 0 Å². The van der Waals surface area contributed by atoms with Crippen molar-refractivity contribution in [3.05, 3.63) is 0 Å². The molecule has 0 radical (unpaired) electrons. The van der Waals surface area contributed by atoms with Gasteiger partial charge in [0.15, 0.2) is 0 Å². The van der Waals surface area contributed by atoms with Crippen molar-refractivity contribution >= 4 is 14.5 Å². The summed E-state index contributed by atoms with van der Waals surface area (Å²) in [7, 11) is -2.46. The topological polar surface area (TPSA) is 57.3 Å². The predicted octanol–water partition coefficient (Wildman–Crippen LogP) is 2.24. The molecule has 112 valence electrons. The van der Waals surface area contributed by atoms with Crippen molar-refractivity contribution in [2.75, 3.05) is 26.4 Å². The van der Waals surface area contributed by atoms with E-state index in [1.807, 2.05) is 6.92 Å². The van der Waals surface area contributed by atoms with Crippen LogP contribution in [0.4, 0.5) is 0 Å². The highest BCUT2D eigenvalue weighted by molar-refractivity contribution is 6.70. The number of rotatable bonds is 10. The minimum absolute atomic E-state index is 0.239. The van der Waals surface area contributed by atoms with E-state index in [1.54, 1.807) is 0 Å². The average Bonchev–Trinajstić information content (AvgIpc) is 3.11. The molecule has 0 aromatic rings. The Morgan fingerprint density at radius 2 is 2.16 bits per heavy atom. The Morgan fingerprint density at radius 1 is 1.47 bits per heavy atom. The fourth-order valence-corrected chi connectivity index (χ4v) is 5.08. The fraction of sp³-hybridized carbons (Fsp3) is 0.923. The van der Waals surface area contributed by atoms with Crippen molar-refractivity contribution in [2.45, 2.75) is 51.8 Å². The third-order valence-electron chi connectivity index (χ3n) is 3.10. The van der Waals surface area contributed by atoms with Gasteiger partial charge in [-0.05, 0) is 13.3 Å². The normalized spacial score (nSPS) is 21.2. The number of carbonyl (C=O) groups excluding carboxylic acids is 1. The lowest BCUT2D eigenvalue weighted by Crippen LogP contribution is -2.46. The van der Waals surface area contributed by atoms with Gasteiger partial charge in [-0.2, -0.15) is 0 Å². The van der Waals surface area contributed by atoms with Crippen molar-refractivity contribution in [3.63, 3.8) is 0 Å². The zero-order valence-corrected chi connectivity index (χ0v) is 13.4. The Balaban J connectivity index is 2.38. The Bertz CT molecular complexity index is 280. The lowest BCUT2D eigenvalue weighted by atomic mass is 10.5. The van der Waals surface area contributed by atoms with Crippen LogP contribution < -0.4 is 0 Å². The van der Waals surface area contributed by atoms with Crippen LogP contribution in [-0.4, -0.2) is 47.1 Å². The van der Waals surface area contributed by atoms with Crippen LogP contribution >= 0.6 is 0 Å². The second-order valence-electron chi connectivity index (χ2n) is 5.13. The van der Waals surface area contributed by atoms with Gasteiger partial charge in [-0.25, -0.2) is 0 Å². The first-order valence-electron chi connectivity index (χ1n) is 7.03. The summed E-state index contributed by atoms with van der Waals surface area (Å²) in [6.07, 6.45) is 1.15. The van der Waals surface area contributed by atoms with Gasteiger partial charge in [-0.1, -0.05) is 13.8 Å². The van der Waals surface area contributed by atoms with E-state index in [-0.39, 0.29) is 11.5 Å². The first-order chi connectivity index (χ1) is 9.00. The summed E-state index contributed by atoms with van der Waals surface area (Å²) in [4.78, 5) is 11.3. The minimum Gasteiger partial charge on any atom is -0.494 e. The quantitative estimate of drug-likeness (QED) is 0.351. The highest BCUT2D eigenvalue weighted by Gasteiger charge is 2.43.